The molecule has 1 aliphatic rings. The Bertz CT molecular complexity index is 654. The molecule has 22 heavy (non-hydrogen) atoms. The molecule has 0 radical (unpaired) electrons. The molecule has 1 aromatic carbocycles. The second-order valence-corrected chi connectivity index (χ2v) is 7.23. The number of nitrogens with zero attached hydrogens (tertiary/aromatic N) is 1. The van der Waals surface area contributed by atoms with E-state index in [-0.39, 0.29) is 22.3 Å². The molecule has 8 heteroatoms. The average Bonchev–Trinajstić information content (AvgIpc) is 2.54. The van der Waals surface area contributed by atoms with Crippen LogP contribution in [0.4, 0.5) is 0 Å². The van der Waals surface area contributed by atoms with E-state index in [9.17, 15) is 13.2 Å². The Morgan fingerprint density at radius 3 is 2.55 bits per heavy atom. The summed E-state index contributed by atoms with van der Waals surface area (Å²) in [7, 11) is -0.709. The Hall–Kier alpha value is -1.64. The number of primary amides is 1. The topological polar surface area (TPSA) is 102 Å². The lowest BCUT2D eigenvalue weighted by Gasteiger charge is -2.30. The molecule has 1 aliphatic heterocycles. The minimum atomic E-state index is -3.68. The molecule has 0 aliphatic carbocycles. The Morgan fingerprint density at radius 2 is 2.00 bits per heavy atom. The van der Waals surface area contributed by atoms with Crippen LogP contribution in [0.2, 0.25) is 0 Å². The predicted molar refractivity (Wildman–Crippen MR) is 82.4 cm³/mol. The van der Waals surface area contributed by atoms with Crippen LogP contribution < -0.4 is 15.8 Å². The molecule has 0 aromatic heterocycles. The number of rotatable bonds is 5. The van der Waals surface area contributed by atoms with Crippen LogP contribution in [0, 0.1) is 0 Å². The lowest BCUT2D eigenvalue weighted by molar-refractivity contribution is 0.0997. The smallest absolute Gasteiger partial charge is 0.252 e. The van der Waals surface area contributed by atoms with Crippen LogP contribution in [0.25, 0.3) is 0 Å². The SMILES string of the molecule is COc1ccc(S(=O)(=O)N(C)C2CCNCC2)cc1C(N)=O. The van der Waals surface area contributed by atoms with E-state index in [2.05, 4.69) is 5.32 Å². The van der Waals surface area contributed by atoms with Crippen LogP contribution in [-0.4, -0.2) is 51.9 Å². The van der Waals surface area contributed by atoms with Crippen LogP contribution in [0.5, 0.6) is 5.75 Å². The fourth-order valence-electron chi connectivity index (χ4n) is 2.57. The Balaban J connectivity index is 2.36. The Morgan fingerprint density at radius 1 is 1.36 bits per heavy atom. The number of hydrogen-bond acceptors (Lipinski definition) is 5. The second kappa shape index (κ2) is 6.64. The number of amides is 1. The minimum absolute atomic E-state index is 0.0446. The predicted octanol–water partition coefficient (Wildman–Crippen LogP) is 0.167. The Kier molecular flexibility index (Phi) is 5.05. The third-order valence-corrected chi connectivity index (χ3v) is 5.84. The molecule has 1 amide bonds. The largest absolute Gasteiger partial charge is 0.496 e. The first kappa shape index (κ1) is 16.7. The molecule has 2 rings (SSSR count). The van der Waals surface area contributed by atoms with Gasteiger partial charge in [-0.2, -0.15) is 4.31 Å². The third kappa shape index (κ3) is 3.23. The summed E-state index contributed by atoms with van der Waals surface area (Å²) < 4.78 is 31.8. The highest BCUT2D eigenvalue weighted by atomic mass is 32.2. The third-order valence-electron chi connectivity index (χ3n) is 3.94. The number of methoxy groups -OCH3 is 1. The summed E-state index contributed by atoms with van der Waals surface area (Å²) >= 11 is 0. The molecule has 0 bridgehead atoms. The summed E-state index contributed by atoms with van der Waals surface area (Å²) in [6, 6.07) is 4.10. The number of benzene rings is 1. The molecule has 0 atom stereocenters. The van der Waals surface area contributed by atoms with Gasteiger partial charge in [-0.05, 0) is 44.1 Å². The van der Waals surface area contributed by atoms with E-state index >= 15 is 0 Å². The van der Waals surface area contributed by atoms with Crippen LogP contribution in [0.3, 0.4) is 0 Å². The lowest BCUT2D eigenvalue weighted by Crippen LogP contribution is -2.43. The highest BCUT2D eigenvalue weighted by Crippen LogP contribution is 2.26. The summed E-state index contributed by atoms with van der Waals surface area (Å²) in [6.45, 7) is 1.58. The summed E-state index contributed by atoms with van der Waals surface area (Å²) in [5, 5.41) is 3.20. The minimum Gasteiger partial charge on any atom is -0.496 e. The normalized spacial score (nSPS) is 16.7. The summed E-state index contributed by atoms with van der Waals surface area (Å²) in [6.07, 6.45) is 1.52. The molecular formula is C14H21N3O4S. The van der Waals surface area contributed by atoms with E-state index in [4.69, 9.17) is 10.5 Å². The average molecular weight is 327 g/mol. The van der Waals surface area contributed by atoms with Crippen molar-refractivity contribution in [1.82, 2.24) is 9.62 Å². The van der Waals surface area contributed by atoms with Crippen LogP contribution >= 0.6 is 0 Å². The van der Waals surface area contributed by atoms with E-state index in [1.165, 1.54) is 29.6 Å². The van der Waals surface area contributed by atoms with Gasteiger partial charge in [-0.3, -0.25) is 4.79 Å². The van der Waals surface area contributed by atoms with Gasteiger partial charge in [0.05, 0.1) is 17.6 Å². The van der Waals surface area contributed by atoms with Crippen molar-refractivity contribution in [3.63, 3.8) is 0 Å². The molecule has 0 spiro atoms. The summed E-state index contributed by atoms with van der Waals surface area (Å²) in [5.74, 6) is -0.464. The molecule has 1 aromatic rings. The quantitative estimate of drug-likeness (QED) is 0.802. The van der Waals surface area contributed by atoms with Crippen LogP contribution in [0.1, 0.15) is 23.2 Å². The molecule has 0 saturated carbocycles. The van der Waals surface area contributed by atoms with E-state index in [1.54, 1.807) is 7.05 Å². The van der Waals surface area contributed by atoms with Gasteiger partial charge in [-0.1, -0.05) is 0 Å². The number of sulfonamides is 1. The molecular weight excluding hydrogens is 306 g/mol. The molecule has 1 saturated heterocycles. The number of piperidine rings is 1. The number of carbonyl (C=O) groups excluding carboxylic acids is 1. The van der Waals surface area contributed by atoms with Gasteiger partial charge in [0.1, 0.15) is 5.75 Å². The van der Waals surface area contributed by atoms with Crippen LogP contribution in [-0.2, 0) is 10.0 Å². The molecule has 1 fully saturated rings. The van der Waals surface area contributed by atoms with Gasteiger partial charge in [0.15, 0.2) is 0 Å². The first-order chi connectivity index (χ1) is 10.4. The first-order valence-electron chi connectivity index (χ1n) is 7.04. The van der Waals surface area contributed by atoms with Gasteiger partial charge in [0, 0.05) is 13.1 Å². The van der Waals surface area contributed by atoms with Crippen molar-refractivity contribution in [1.29, 1.82) is 0 Å². The number of nitrogens with one attached hydrogen (secondary N) is 1. The molecule has 122 valence electrons. The van der Waals surface area contributed by atoms with Gasteiger partial charge >= 0.3 is 0 Å². The second-order valence-electron chi connectivity index (χ2n) is 5.23. The molecule has 7 nitrogen and oxygen atoms in total. The molecule has 3 N–H and O–H groups in total. The zero-order chi connectivity index (χ0) is 16.3. The number of carbonyl (C=O) groups is 1. The maximum atomic E-state index is 12.7. The standard InChI is InChI=1S/C14H21N3O4S/c1-17(10-5-7-16-8-6-10)22(19,20)11-3-4-13(21-2)12(9-11)14(15)18/h3-4,9-10,16H,5-8H2,1-2H3,(H2,15,18). The van der Waals surface area contributed by atoms with Crippen molar-refractivity contribution in [2.24, 2.45) is 5.73 Å². The summed E-state index contributed by atoms with van der Waals surface area (Å²) in [4.78, 5) is 11.5. The monoisotopic (exact) mass is 327 g/mol. The van der Waals surface area contributed by atoms with E-state index in [1.807, 2.05) is 0 Å². The van der Waals surface area contributed by atoms with Crippen molar-refractivity contribution in [2.45, 2.75) is 23.8 Å². The van der Waals surface area contributed by atoms with Crippen molar-refractivity contribution in [3.05, 3.63) is 23.8 Å². The fraction of sp³-hybridized carbons (Fsp3) is 0.500. The lowest BCUT2D eigenvalue weighted by atomic mass is 10.1. The van der Waals surface area contributed by atoms with E-state index < -0.39 is 15.9 Å². The molecule has 1 heterocycles. The van der Waals surface area contributed by atoms with Gasteiger partial charge in [-0.25, -0.2) is 8.42 Å². The van der Waals surface area contributed by atoms with Crippen molar-refractivity contribution in [2.75, 3.05) is 27.2 Å². The van der Waals surface area contributed by atoms with Crippen molar-refractivity contribution < 1.29 is 17.9 Å². The zero-order valence-corrected chi connectivity index (χ0v) is 13.5. The number of hydrogen-bond donors (Lipinski definition) is 2. The molecule has 0 unspecified atom stereocenters. The van der Waals surface area contributed by atoms with Gasteiger partial charge in [-0.15, -0.1) is 0 Å². The van der Waals surface area contributed by atoms with Crippen molar-refractivity contribution in [3.8, 4) is 5.75 Å². The van der Waals surface area contributed by atoms with Crippen LogP contribution in [0.15, 0.2) is 23.1 Å². The maximum Gasteiger partial charge on any atom is 0.252 e. The fourth-order valence-corrected chi connectivity index (χ4v) is 4.02. The Labute approximate surface area is 130 Å². The van der Waals surface area contributed by atoms with Gasteiger partial charge in [0.2, 0.25) is 10.0 Å². The van der Waals surface area contributed by atoms with E-state index in [0.717, 1.165) is 25.9 Å². The van der Waals surface area contributed by atoms with Crippen molar-refractivity contribution >= 4 is 15.9 Å². The number of ether oxygens (including phenoxy) is 1. The first-order valence-corrected chi connectivity index (χ1v) is 8.48. The van der Waals surface area contributed by atoms with Gasteiger partial charge < -0.3 is 15.8 Å². The zero-order valence-electron chi connectivity index (χ0n) is 12.7. The highest BCUT2D eigenvalue weighted by molar-refractivity contribution is 7.89. The summed E-state index contributed by atoms with van der Waals surface area (Å²) in [5.41, 5.74) is 5.34. The van der Waals surface area contributed by atoms with Gasteiger partial charge in [0.25, 0.3) is 5.91 Å². The highest BCUT2D eigenvalue weighted by Gasteiger charge is 2.29. The van der Waals surface area contributed by atoms with E-state index in [0.29, 0.717) is 0 Å². The number of nitrogens with two attached hydrogens (primary N) is 1. The maximum absolute atomic E-state index is 12.7.